The second-order valence-corrected chi connectivity index (χ2v) is 5.56. The molecule has 26 heavy (non-hydrogen) atoms. The minimum atomic E-state index is -0.486. The highest BCUT2D eigenvalue weighted by atomic mass is 16.6. The van der Waals surface area contributed by atoms with Gasteiger partial charge in [-0.3, -0.25) is 19.7 Å². The molecule has 2 aromatic carbocycles. The number of nitro groups is 1. The Balaban J connectivity index is 1.76. The van der Waals surface area contributed by atoms with Gasteiger partial charge in [-0.05, 0) is 43.3 Å². The number of carbonyl (C=O) groups excluding carboxylic acids is 2. The van der Waals surface area contributed by atoms with Crippen molar-refractivity contribution in [1.29, 1.82) is 0 Å². The number of anilines is 1. The zero-order chi connectivity index (χ0) is 18.7. The van der Waals surface area contributed by atoms with Crippen LogP contribution in [-0.2, 0) is 0 Å². The maximum absolute atomic E-state index is 12.3. The topological polar surface area (TPSA) is 102 Å². The van der Waals surface area contributed by atoms with Crippen molar-refractivity contribution in [3.8, 4) is 11.3 Å². The molecule has 1 N–H and O–H groups in total. The largest absolute Gasteiger partial charge is 0.451 e. The first kappa shape index (κ1) is 17.1. The summed E-state index contributed by atoms with van der Waals surface area (Å²) in [4.78, 5) is 33.9. The molecular weight excluding hydrogens is 336 g/mol. The number of Topliss-reactive ketones (excluding diaryl/α,β-unsaturated/α-hetero) is 1. The van der Waals surface area contributed by atoms with Crippen LogP contribution in [0.3, 0.4) is 0 Å². The summed E-state index contributed by atoms with van der Waals surface area (Å²) >= 11 is 0. The zero-order valence-electron chi connectivity index (χ0n) is 13.8. The summed E-state index contributed by atoms with van der Waals surface area (Å²) < 4.78 is 5.53. The molecule has 0 unspecified atom stereocenters. The third-order valence-corrected chi connectivity index (χ3v) is 3.72. The third-order valence-electron chi connectivity index (χ3n) is 3.72. The van der Waals surface area contributed by atoms with Crippen LogP contribution in [0.25, 0.3) is 11.3 Å². The number of rotatable bonds is 5. The molecule has 0 saturated carbocycles. The van der Waals surface area contributed by atoms with Crippen molar-refractivity contribution >= 4 is 23.1 Å². The van der Waals surface area contributed by atoms with Gasteiger partial charge in [-0.25, -0.2) is 0 Å². The number of hydrogen-bond donors (Lipinski definition) is 1. The van der Waals surface area contributed by atoms with Gasteiger partial charge < -0.3 is 9.73 Å². The molecule has 0 atom stereocenters. The van der Waals surface area contributed by atoms with Gasteiger partial charge in [0.05, 0.1) is 4.92 Å². The molecule has 3 aromatic rings. The quantitative estimate of drug-likeness (QED) is 0.419. The molecule has 7 heteroatoms. The Morgan fingerprint density at radius 1 is 1.04 bits per heavy atom. The third kappa shape index (κ3) is 3.67. The molecule has 7 nitrogen and oxygen atoms in total. The molecule has 0 aliphatic rings. The first-order valence-corrected chi connectivity index (χ1v) is 7.71. The summed E-state index contributed by atoms with van der Waals surface area (Å²) in [6.07, 6.45) is 0. The van der Waals surface area contributed by atoms with Crippen molar-refractivity contribution in [3.63, 3.8) is 0 Å². The molecule has 0 fully saturated rings. The Morgan fingerprint density at radius 3 is 2.42 bits per heavy atom. The summed E-state index contributed by atoms with van der Waals surface area (Å²) in [6.45, 7) is 1.45. The summed E-state index contributed by atoms with van der Waals surface area (Å²) in [6, 6.07) is 15.6. The predicted octanol–water partition coefficient (Wildman–Crippen LogP) is 4.31. The lowest BCUT2D eigenvalue weighted by Gasteiger charge is -2.04. The van der Waals surface area contributed by atoms with Crippen molar-refractivity contribution in [3.05, 3.63) is 82.1 Å². The van der Waals surface area contributed by atoms with Gasteiger partial charge in [0.1, 0.15) is 5.76 Å². The van der Waals surface area contributed by atoms with Crippen molar-refractivity contribution in [2.45, 2.75) is 6.92 Å². The van der Waals surface area contributed by atoms with E-state index in [9.17, 15) is 19.7 Å². The number of benzene rings is 2. The monoisotopic (exact) mass is 350 g/mol. The number of ketones is 1. The molecule has 0 bridgehead atoms. The van der Waals surface area contributed by atoms with Gasteiger partial charge in [-0.15, -0.1) is 0 Å². The number of non-ortho nitro benzene ring substituents is 1. The van der Waals surface area contributed by atoms with Gasteiger partial charge in [0, 0.05) is 28.9 Å². The van der Waals surface area contributed by atoms with E-state index in [2.05, 4.69) is 5.32 Å². The van der Waals surface area contributed by atoms with E-state index in [4.69, 9.17) is 4.42 Å². The summed E-state index contributed by atoms with van der Waals surface area (Å²) in [5.74, 6) is -0.0486. The van der Waals surface area contributed by atoms with Crippen molar-refractivity contribution < 1.29 is 18.9 Å². The number of nitrogens with one attached hydrogen (secondary N) is 1. The Hall–Kier alpha value is -3.74. The minimum Gasteiger partial charge on any atom is -0.451 e. The molecule has 0 radical (unpaired) electrons. The van der Waals surface area contributed by atoms with Crippen LogP contribution < -0.4 is 5.32 Å². The second kappa shape index (κ2) is 7.02. The van der Waals surface area contributed by atoms with Gasteiger partial charge in [-0.2, -0.15) is 0 Å². The molecule has 0 saturated heterocycles. The van der Waals surface area contributed by atoms with Crippen LogP contribution in [0.1, 0.15) is 27.8 Å². The lowest BCUT2D eigenvalue weighted by Crippen LogP contribution is -2.11. The number of furan rings is 1. The molecule has 1 amide bonds. The smallest absolute Gasteiger partial charge is 0.291 e. The molecular formula is C19H14N2O5. The van der Waals surface area contributed by atoms with E-state index in [-0.39, 0.29) is 17.2 Å². The van der Waals surface area contributed by atoms with Crippen LogP contribution in [0.2, 0.25) is 0 Å². The first-order valence-electron chi connectivity index (χ1n) is 7.71. The normalized spacial score (nSPS) is 10.3. The Kier molecular flexibility index (Phi) is 4.62. The highest BCUT2D eigenvalue weighted by Crippen LogP contribution is 2.25. The van der Waals surface area contributed by atoms with Crippen molar-refractivity contribution in [1.82, 2.24) is 0 Å². The summed E-state index contributed by atoms with van der Waals surface area (Å²) in [7, 11) is 0. The number of carbonyl (C=O) groups is 2. The van der Waals surface area contributed by atoms with E-state index in [0.717, 1.165) is 0 Å². The minimum absolute atomic E-state index is 0.0244. The van der Waals surface area contributed by atoms with Crippen molar-refractivity contribution in [2.24, 2.45) is 0 Å². The molecule has 3 rings (SSSR count). The van der Waals surface area contributed by atoms with Crippen LogP contribution in [0, 0.1) is 10.1 Å². The van der Waals surface area contributed by atoms with Gasteiger partial charge in [0.2, 0.25) is 0 Å². The van der Waals surface area contributed by atoms with E-state index in [1.807, 2.05) is 0 Å². The fourth-order valence-corrected chi connectivity index (χ4v) is 2.37. The van der Waals surface area contributed by atoms with Crippen LogP contribution >= 0.6 is 0 Å². The Morgan fingerprint density at radius 2 is 1.77 bits per heavy atom. The molecule has 1 aromatic heterocycles. The van der Waals surface area contributed by atoms with E-state index < -0.39 is 10.8 Å². The van der Waals surface area contributed by atoms with E-state index in [0.29, 0.717) is 22.6 Å². The van der Waals surface area contributed by atoms with Gasteiger partial charge in [-0.1, -0.05) is 12.1 Å². The number of nitrogens with zero attached hydrogens (tertiary/aromatic N) is 1. The highest BCUT2D eigenvalue weighted by molar-refractivity contribution is 6.03. The SMILES string of the molecule is CC(=O)c1cccc(NC(=O)c2ccc(-c3ccc([N+](=O)[O-])cc3)o2)c1. The molecule has 1 heterocycles. The van der Waals surface area contributed by atoms with Crippen LogP contribution in [0.5, 0.6) is 0 Å². The number of hydrogen-bond acceptors (Lipinski definition) is 5. The lowest BCUT2D eigenvalue weighted by atomic mass is 10.1. The summed E-state index contributed by atoms with van der Waals surface area (Å²) in [5.41, 5.74) is 1.57. The van der Waals surface area contributed by atoms with E-state index in [1.165, 1.54) is 25.1 Å². The van der Waals surface area contributed by atoms with E-state index in [1.54, 1.807) is 42.5 Å². The molecule has 130 valence electrons. The van der Waals surface area contributed by atoms with Gasteiger partial charge in [0.25, 0.3) is 11.6 Å². The highest BCUT2D eigenvalue weighted by Gasteiger charge is 2.14. The van der Waals surface area contributed by atoms with Crippen LogP contribution in [0.15, 0.2) is 65.1 Å². The van der Waals surface area contributed by atoms with Crippen LogP contribution in [0.4, 0.5) is 11.4 Å². The van der Waals surface area contributed by atoms with Gasteiger partial charge >= 0.3 is 0 Å². The fourth-order valence-electron chi connectivity index (χ4n) is 2.37. The predicted molar refractivity (Wildman–Crippen MR) is 95.2 cm³/mol. The lowest BCUT2D eigenvalue weighted by molar-refractivity contribution is -0.384. The Labute approximate surface area is 148 Å². The first-order chi connectivity index (χ1) is 12.4. The molecule has 0 aliphatic heterocycles. The standard InChI is InChI=1S/C19H14N2O5/c1-12(22)14-3-2-4-15(11-14)20-19(23)18-10-9-17(26-18)13-5-7-16(8-6-13)21(24)25/h2-11H,1H3,(H,20,23). The second-order valence-electron chi connectivity index (χ2n) is 5.56. The average molecular weight is 350 g/mol. The van der Waals surface area contributed by atoms with Crippen LogP contribution in [-0.4, -0.2) is 16.6 Å². The zero-order valence-corrected chi connectivity index (χ0v) is 13.8. The average Bonchev–Trinajstić information content (AvgIpc) is 3.12. The molecule has 0 aliphatic carbocycles. The number of amides is 1. The molecule has 0 spiro atoms. The van der Waals surface area contributed by atoms with Crippen molar-refractivity contribution in [2.75, 3.05) is 5.32 Å². The van der Waals surface area contributed by atoms with Gasteiger partial charge in [0.15, 0.2) is 11.5 Å². The fraction of sp³-hybridized carbons (Fsp3) is 0.0526. The summed E-state index contributed by atoms with van der Waals surface area (Å²) in [5, 5.41) is 13.4. The maximum Gasteiger partial charge on any atom is 0.291 e. The maximum atomic E-state index is 12.3. The van der Waals surface area contributed by atoms with E-state index >= 15 is 0 Å². The number of nitro benzene ring substituents is 1. The Bertz CT molecular complexity index is 989.